The molecule has 0 aromatic heterocycles. The van der Waals surface area contributed by atoms with Gasteiger partial charge in [0.2, 0.25) is 5.91 Å². The monoisotopic (exact) mass is 324 g/mol. The lowest BCUT2D eigenvalue weighted by Gasteiger charge is -2.19. The third kappa shape index (κ3) is 3.94. The fourth-order valence-electron chi connectivity index (χ4n) is 2.45. The first-order valence-corrected chi connectivity index (χ1v) is 7.34. The molecule has 1 saturated carbocycles. The number of carbonyl (C=O) groups is 1. The topological polar surface area (TPSA) is 108 Å². The number of nitro groups is 1. The Balaban J connectivity index is 2.06. The number of halogens is 1. The van der Waals surface area contributed by atoms with Gasteiger partial charge in [0.25, 0.3) is 5.69 Å². The van der Waals surface area contributed by atoms with Crippen LogP contribution in [0.25, 0.3) is 0 Å². The van der Waals surface area contributed by atoms with E-state index in [1.807, 2.05) is 0 Å². The van der Waals surface area contributed by atoms with Crippen LogP contribution < -0.4 is 10.5 Å². The Bertz CT molecular complexity index is 612. The average Bonchev–Trinajstić information content (AvgIpc) is 2.50. The van der Waals surface area contributed by atoms with Crippen LogP contribution in [0, 0.1) is 16.0 Å². The minimum atomic E-state index is -0.799. The lowest BCUT2D eigenvalue weighted by molar-refractivity contribution is -0.398. The van der Waals surface area contributed by atoms with Crippen molar-refractivity contribution in [1.29, 1.82) is 0 Å². The third-order valence-electron chi connectivity index (χ3n) is 3.61. The molecule has 0 spiro atoms. The maximum absolute atomic E-state index is 11.9. The summed E-state index contributed by atoms with van der Waals surface area (Å²) in [7, 11) is 0. The molecule has 0 heterocycles. The van der Waals surface area contributed by atoms with Gasteiger partial charge in [-0.2, -0.15) is 5.10 Å². The normalized spacial score (nSPS) is 15.9. The molecule has 2 rings (SSSR count). The molecule has 1 aromatic rings. The Hall–Kier alpha value is -2.15. The van der Waals surface area contributed by atoms with Gasteiger partial charge in [0.1, 0.15) is 0 Å². The van der Waals surface area contributed by atoms with Gasteiger partial charge in [-0.1, -0.05) is 30.9 Å². The number of hydrogen-bond donors (Lipinski definition) is 1. The van der Waals surface area contributed by atoms with Crippen molar-refractivity contribution >= 4 is 29.4 Å². The van der Waals surface area contributed by atoms with Gasteiger partial charge in [-0.25, -0.2) is 5.43 Å². The van der Waals surface area contributed by atoms with E-state index in [1.165, 1.54) is 6.07 Å². The predicted octanol–water partition coefficient (Wildman–Crippen LogP) is 2.35. The number of nitro benzene ring substituents is 1. The Morgan fingerprint density at radius 1 is 1.36 bits per heavy atom. The zero-order chi connectivity index (χ0) is 16.1. The summed E-state index contributed by atoms with van der Waals surface area (Å²) in [6.45, 7) is 0. The minimum absolute atomic E-state index is 0.0388. The quantitative estimate of drug-likeness (QED) is 0.521. The van der Waals surface area contributed by atoms with Gasteiger partial charge in [0.05, 0.1) is 11.1 Å². The van der Waals surface area contributed by atoms with Crippen LogP contribution in [0.3, 0.4) is 0 Å². The fourth-order valence-corrected chi connectivity index (χ4v) is 2.67. The third-order valence-corrected chi connectivity index (χ3v) is 3.83. The van der Waals surface area contributed by atoms with Gasteiger partial charge in [0, 0.05) is 17.0 Å². The number of rotatable bonds is 4. The van der Waals surface area contributed by atoms with Crippen molar-refractivity contribution in [2.24, 2.45) is 11.0 Å². The minimum Gasteiger partial charge on any atom is -0.867 e. The molecular weight excluding hydrogens is 310 g/mol. The van der Waals surface area contributed by atoms with Crippen LogP contribution in [-0.4, -0.2) is 17.0 Å². The number of amides is 1. The van der Waals surface area contributed by atoms with Crippen molar-refractivity contribution < 1.29 is 14.8 Å². The van der Waals surface area contributed by atoms with Gasteiger partial charge in [-0.05, 0) is 30.2 Å². The second-order valence-electron chi connectivity index (χ2n) is 5.17. The highest BCUT2D eigenvalue weighted by atomic mass is 35.5. The van der Waals surface area contributed by atoms with Crippen LogP contribution in [-0.2, 0) is 4.79 Å². The summed E-state index contributed by atoms with van der Waals surface area (Å²) in [6.07, 6.45) is 5.92. The highest BCUT2D eigenvalue weighted by Crippen LogP contribution is 2.30. The lowest BCUT2D eigenvalue weighted by Crippen LogP contribution is -2.28. The highest BCUT2D eigenvalue weighted by Gasteiger charge is 2.20. The molecule has 0 radical (unpaired) electrons. The molecule has 0 atom stereocenters. The van der Waals surface area contributed by atoms with Crippen molar-refractivity contribution in [2.75, 3.05) is 0 Å². The van der Waals surface area contributed by atoms with Crippen LogP contribution in [0.4, 0.5) is 5.69 Å². The van der Waals surface area contributed by atoms with E-state index in [0.717, 1.165) is 44.4 Å². The highest BCUT2D eigenvalue weighted by molar-refractivity contribution is 6.31. The van der Waals surface area contributed by atoms with Gasteiger partial charge in [0.15, 0.2) is 0 Å². The SMILES string of the molecule is O=C(N/N=C\c1cc(Cl)cc([N+](=O)[O-])c1[O-])C1CCCCC1. The van der Waals surface area contributed by atoms with E-state index < -0.39 is 16.4 Å². The number of nitrogens with one attached hydrogen (secondary N) is 1. The molecule has 118 valence electrons. The Kier molecular flexibility index (Phi) is 5.32. The van der Waals surface area contributed by atoms with Crippen LogP contribution >= 0.6 is 11.6 Å². The first-order valence-electron chi connectivity index (χ1n) is 6.97. The van der Waals surface area contributed by atoms with Crippen LogP contribution in [0.15, 0.2) is 17.2 Å². The van der Waals surface area contributed by atoms with Gasteiger partial charge < -0.3 is 5.11 Å². The molecule has 22 heavy (non-hydrogen) atoms. The van der Waals surface area contributed by atoms with E-state index in [9.17, 15) is 20.0 Å². The standard InChI is InChI=1S/C14H16ClN3O4/c15-11-6-10(13(19)12(7-11)18(21)22)8-16-17-14(20)9-4-2-1-3-5-9/h6-9,19H,1-5H2,(H,17,20)/p-1/b16-8-. The van der Waals surface area contributed by atoms with E-state index >= 15 is 0 Å². The summed E-state index contributed by atoms with van der Waals surface area (Å²) in [5.74, 6) is -1.05. The Labute approximate surface area is 132 Å². The van der Waals surface area contributed by atoms with E-state index in [2.05, 4.69) is 10.5 Å². The first kappa shape index (κ1) is 16.2. The predicted molar refractivity (Wildman–Crippen MR) is 79.9 cm³/mol. The van der Waals surface area contributed by atoms with Gasteiger partial charge in [-0.15, -0.1) is 0 Å². The number of nitrogens with zero attached hydrogens (tertiary/aromatic N) is 2. The zero-order valence-electron chi connectivity index (χ0n) is 11.8. The molecular formula is C14H15ClN3O4-. The molecule has 0 saturated heterocycles. The van der Waals surface area contributed by atoms with E-state index in [-0.39, 0.29) is 22.4 Å². The number of benzene rings is 1. The molecule has 1 N–H and O–H groups in total. The largest absolute Gasteiger partial charge is 0.867 e. The van der Waals surface area contributed by atoms with Crippen LogP contribution in [0.2, 0.25) is 5.02 Å². The Morgan fingerprint density at radius 2 is 2.05 bits per heavy atom. The van der Waals surface area contributed by atoms with Crippen molar-refractivity contribution in [3.63, 3.8) is 0 Å². The van der Waals surface area contributed by atoms with Crippen molar-refractivity contribution in [3.05, 3.63) is 32.8 Å². The molecule has 1 amide bonds. The van der Waals surface area contributed by atoms with Crippen molar-refractivity contribution in [1.82, 2.24) is 5.43 Å². The maximum atomic E-state index is 11.9. The van der Waals surface area contributed by atoms with Crippen LogP contribution in [0.1, 0.15) is 37.7 Å². The summed E-state index contributed by atoms with van der Waals surface area (Å²) in [5.41, 5.74) is 1.72. The maximum Gasteiger partial charge on any atom is 0.263 e. The zero-order valence-corrected chi connectivity index (χ0v) is 12.5. The molecule has 8 heteroatoms. The molecule has 1 fully saturated rings. The van der Waals surface area contributed by atoms with E-state index in [1.54, 1.807) is 0 Å². The molecule has 1 aliphatic rings. The second-order valence-corrected chi connectivity index (χ2v) is 5.61. The first-order chi connectivity index (χ1) is 10.5. The molecule has 0 unspecified atom stereocenters. The van der Waals surface area contributed by atoms with Crippen molar-refractivity contribution in [3.8, 4) is 5.75 Å². The summed E-state index contributed by atoms with van der Waals surface area (Å²) >= 11 is 5.74. The summed E-state index contributed by atoms with van der Waals surface area (Å²) < 4.78 is 0. The van der Waals surface area contributed by atoms with Gasteiger partial charge >= 0.3 is 0 Å². The van der Waals surface area contributed by atoms with Crippen molar-refractivity contribution in [2.45, 2.75) is 32.1 Å². The van der Waals surface area contributed by atoms with Crippen LogP contribution in [0.5, 0.6) is 5.75 Å². The number of hydrogen-bond acceptors (Lipinski definition) is 5. The summed E-state index contributed by atoms with van der Waals surface area (Å²) in [5, 5.41) is 26.4. The Morgan fingerprint density at radius 3 is 2.68 bits per heavy atom. The lowest BCUT2D eigenvalue weighted by atomic mass is 9.89. The van der Waals surface area contributed by atoms with E-state index in [0.29, 0.717) is 0 Å². The summed E-state index contributed by atoms with van der Waals surface area (Å²) in [4.78, 5) is 21.8. The number of carbonyl (C=O) groups excluding carboxylic acids is 1. The average molecular weight is 325 g/mol. The summed E-state index contributed by atoms with van der Waals surface area (Å²) in [6, 6.07) is 2.26. The molecule has 0 aliphatic heterocycles. The van der Waals surface area contributed by atoms with Gasteiger partial charge in [-0.3, -0.25) is 14.9 Å². The molecule has 7 nitrogen and oxygen atoms in total. The molecule has 1 aromatic carbocycles. The molecule has 0 bridgehead atoms. The van der Waals surface area contributed by atoms with E-state index in [4.69, 9.17) is 11.6 Å². The molecule has 1 aliphatic carbocycles. The fraction of sp³-hybridized carbons (Fsp3) is 0.429. The second kappa shape index (κ2) is 7.22. The smallest absolute Gasteiger partial charge is 0.263 e. The number of hydrazone groups is 1.